The molecule has 0 fully saturated rings. The third-order valence-corrected chi connectivity index (χ3v) is 0.841. The van der Waals surface area contributed by atoms with E-state index in [1.54, 1.807) is 0 Å². The maximum atomic E-state index is 10.1. The molecule has 0 saturated carbocycles. The molecule has 0 saturated heterocycles. The van der Waals surface area contributed by atoms with Crippen molar-refractivity contribution in [3.63, 3.8) is 0 Å². The van der Waals surface area contributed by atoms with Gasteiger partial charge in [0, 0.05) is 6.20 Å². The molecule has 0 radical (unpaired) electrons. The standard InChI is InChI=1S/C5H8N2O3/c6-2-3(5(9)10)1-4(7)8/h2H,1,6H2,(H2,7,8)(H,9,10). The molecule has 0 bridgehead atoms. The van der Waals surface area contributed by atoms with Crippen molar-refractivity contribution in [1.29, 1.82) is 0 Å². The third-order valence-electron chi connectivity index (χ3n) is 0.841. The lowest BCUT2D eigenvalue weighted by Gasteiger charge is -1.94. The van der Waals surface area contributed by atoms with Gasteiger partial charge in [-0.1, -0.05) is 0 Å². The summed E-state index contributed by atoms with van der Waals surface area (Å²) in [5, 5.41) is 8.27. The van der Waals surface area contributed by atoms with Crippen molar-refractivity contribution in [3.8, 4) is 0 Å². The Kier molecular flexibility index (Phi) is 2.96. The molecule has 0 aliphatic heterocycles. The zero-order chi connectivity index (χ0) is 8.15. The number of amides is 1. The largest absolute Gasteiger partial charge is 0.478 e. The monoisotopic (exact) mass is 144 g/mol. The maximum Gasteiger partial charge on any atom is 0.333 e. The summed E-state index contributed by atoms with van der Waals surface area (Å²) in [5.41, 5.74) is 9.39. The number of carbonyl (C=O) groups is 2. The van der Waals surface area contributed by atoms with Gasteiger partial charge in [0.2, 0.25) is 5.91 Å². The number of carboxylic acid groups (broad SMARTS) is 1. The predicted molar refractivity (Wildman–Crippen MR) is 33.7 cm³/mol. The van der Waals surface area contributed by atoms with E-state index in [1.807, 2.05) is 0 Å². The summed E-state index contributed by atoms with van der Waals surface area (Å²) >= 11 is 0. The smallest absolute Gasteiger partial charge is 0.333 e. The van der Waals surface area contributed by atoms with Crippen molar-refractivity contribution in [2.24, 2.45) is 11.5 Å². The second-order valence-electron chi connectivity index (χ2n) is 1.64. The van der Waals surface area contributed by atoms with Crippen molar-refractivity contribution in [3.05, 3.63) is 11.8 Å². The van der Waals surface area contributed by atoms with Crippen molar-refractivity contribution in [2.75, 3.05) is 0 Å². The third kappa shape index (κ3) is 2.71. The molecule has 0 heterocycles. The molecule has 0 atom stereocenters. The lowest BCUT2D eigenvalue weighted by Crippen LogP contribution is -2.15. The Morgan fingerprint density at radius 3 is 2.10 bits per heavy atom. The molecule has 0 unspecified atom stereocenters. The SMILES string of the molecule is NC=C(CC(N)=O)C(=O)O. The van der Waals surface area contributed by atoms with Crippen molar-refractivity contribution in [1.82, 2.24) is 0 Å². The molecule has 0 aromatic heterocycles. The molecule has 56 valence electrons. The molecule has 5 N–H and O–H groups in total. The number of primary amides is 1. The van der Waals surface area contributed by atoms with Gasteiger partial charge in [0.1, 0.15) is 0 Å². The average Bonchev–Trinajstić information content (AvgIpc) is 1.81. The average molecular weight is 144 g/mol. The van der Waals surface area contributed by atoms with E-state index in [9.17, 15) is 9.59 Å². The van der Waals surface area contributed by atoms with Gasteiger partial charge in [0.15, 0.2) is 0 Å². The Morgan fingerprint density at radius 2 is 2.00 bits per heavy atom. The Morgan fingerprint density at radius 1 is 1.50 bits per heavy atom. The summed E-state index contributed by atoms with van der Waals surface area (Å²) in [6, 6.07) is 0. The van der Waals surface area contributed by atoms with E-state index >= 15 is 0 Å². The fourth-order valence-corrected chi connectivity index (χ4v) is 0.394. The van der Waals surface area contributed by atoms with E-state index in [-0.39, 0.29) is 12.0 Å². The summed E-state index contributed by atoms with van der Waals surface area (Å²) in [4.78, 5) is 20.2. The van der Waals surface area contributed by atoms with Crippen molar-refractivity contribution < 1.29 is 14.7 Å². The first-order valence-electron chi connectivity index (χ1n) is 2.50. The van der Waals surface area contributed by atoms with Crippen molar-refractivity contribution >= 4 is 11.9 Å². The van der Waals surface area contributed by atoms with Crippen LogP contribution in [-0.2, 0) is 9.59 Å². The first-order valence-corrected chi connectivity index (χ1v) is 2.50. The zero-order valence-electron chi connectivity index (χ0n) is 5.20. The minimum atomic E-state index is -1.22. The molecule has 0 aliphatic rings. The molecule has 0 spiro atoms. The molecule has 0 aromatic rings. The van der Waals surface area contributed by atoms with Crippen LogP contribution in [0.4, 0.5) is 0 Å². The number of hydrogen-bond acceptors (Lipinski definition) is 3. The highest BCUT2D eigenvalue weighted by atomic mass is 16.4. The van der Waals surface area contributed by atoms with Crippen LogP contribution in [0, 0.1) is 0 Å². The normalized spacial score (nSPS) is 11.0. The lowest BCUT2D eigenvalue weighted by molar-refractivity contribution is -0.133. The van der Waals surface area contributed by atoms with Crippen LogP contribution >= 0.6 is 0 Å². The number of carboxylic acids is 1. The highest BCUT2D eigenvalue weighted by Gasteiger charge is 2.08. The second-order valence-corrected chi connectivity index (χ2v) is 1.64. The number of nitrogens with two attached hydrogens (primary N) is 2. The van der Waals surface area contributed by atoms with E-state index < -0.39 is 11.9 Å². The summed E-state index contributed by atoms with van der Waals surface area (Å²) < 4.78 is 0. The fourth-order valence-electron chi connectivity index (χ4n) is 0.394. The maximum absolute atomic E-state index is 10.1. The quantitative estimate of drug-likeness (QED) is 0.432. The Bertz CT molecular complexity index is 185. The number of hydrogen-bond donors (Lipinski definition) is 3. The topological polar surface area (TPSA) is 106 Å². The van der Waals surface area contributed by atoms with Gasteiger partial charge in [0.05, 0.1) is 12.0 Å². The zero-order valence-corrected chi connectivity index (χ0v) is 5.20. The summed E-state index contributed by atoms with van der Waals surface area (Å²) in [6.45, 7) is 0. The van der Waals surface area contributed by atoms with Gasteiger partial charge in [-0.3, -0.25) is 4.79 Å². The molecule has 0 rings (SSSR count). The molecule has 0 aliphatic carbocycles. The first kappa shape index (κ1) is 8.48. The highest BCUT2D eigenvalue weighted by molar-refractivity contribution is 5.93. The van der Waals surface area contributed by atoms with Gasteiger partial charge in [-0.2, -0.15) is 0 Å². The summed E-state index contributed by atoms with van der Waals surface area (Å²) in [7, 11) is 0. The van der Waals surface area contributed by atoms with Gasteiger partial charge in [-0.15, -0.1) is 0 Å². The lowest BCUT2D eigenvalue weighted by atomic mass is 10.2. The van der Waals surface area contributed by atoms with Gasteiger partial charge < -0.3 is 16.6 Å². The Hall–Kier alpha value is -1.52. The van der Waals surface area contributed by atoms with Gasteiger partial charge in [0.25, 0.3) is 0 Å². The van der Waals surface area contributed by atoms with Crippen LogP contribution < -0.4 is 11.5 Å². The van der Waals surface area contributed by atoms with E-state index in [4.69, 9.17) is 16.6 Å². The summed E-state index contributed by atoms with van der Waals surface area (Å²) in [5.74, 6) is -1.93. The van der Waals surface area contributed by atoms with Crippen LogP contribution in [0.3, 0.4) is 0 Å². The predicted octanol–water partition coefficient (Wildman–Crippen LogP) is -1.21. The Labute approximate surface area is 57.3 Å². The number of carbonyl (C=O) groups excluding carboxylic acids is 1. The molecule has 10 heavy (non-hydrogen) atoms. The molecule has 5 nitrogen and oxygen atoms in total. The molecule has 0 aromatic carbocycles. The second kappa shape index (κ2) is 3.49. The molecule has 1 amide bonds. The number of rotatable bonds is 3. The van der Waals surface area contributed by atoms with Gasteiger partial charge >= 0.3 is 5.97 Å². The van der Waals surface area contributed by atoms with Crippen LogP contribution in [0.25, 0.3) is 0 Å². The fraction of sp³-hybridized carbons (Fsp3) is 0.200. The van der Waals surface area contributed by atoms with Gasteiger partial charge in [-0.25, -0.2) is 4.79 Å². The van der Waals surface area contributed by atoms with Crippen LogP contribution in [0.2, 0.25) is 0 Å². The molecular weight excluding hydrogens is 136 g/mol. The number of aliphatic carboxylic acids is 1. The van der Waals surface area contributed by atoms with E-state index in [2.05, 4.69) is 0 Å². The first-order chi connectivity index (χ1) is 4.57. The van der Waals surface area contributed by atoms with E-state index in [1.165, 1.54) is 0 Å². The minimum absolute atomic E-state index is 0.187. The molecular formula is C5H8N2O3. The van der Waals surface area contributed by atoms with Crippen molar-refractivity contribution in [2.45, 2.75) is 6.42 Å². The molecule has 5 heteroatoms. The van der Waals surface area contributed by atoms with Crippen LogP contribution in [0.15, 0.2) is 11.8 Å². The summed E-state index contributed by atoms with van der Waals surface area (Å²) in [6.07, 6.45) is 0.527. The van der Waals surface area contributed by atoms with E-state index in [0.29, 0.717) is 0 Å². The van der Waals surface area contributed by atoms with E-state index in [0.717, 1.165) is 6.20 Å². The van der Waals surface area contributed by atoms with Crippen LogP contribution in [0.1, 0.15) is 6.42 Å². The highest BCUT2D eigenvalue weighted by Crippen LogP contribution is 1.96. The Balaban J connectivity index is 4.12. The van der Waals surface area contributed by atoms with Gasteiger partial charge in [-0.05, 0) is 0 Å². The minimum Gasteiger partial charge on any atom is -0.478 e. The van der Waals surface area contributed by atoms with Crippen LogP contribution in [0.5, 0.6) is 0 Å². The van der Waals surface area contributed by atoms with Crippen LogP contribution in [-0.4, -0.2) is 17.0 Å².